The smallest absolute Gasteiger partial charge is 0.0645 e. The van der Waals surface area contributed by atoms with Crippen LogP contribution in [-0.4, -0.2) is 33.8 Å². The lowest BCUT2D eigenvalue weighted by Crippen LogP contribution is -2.26. The summed E-state index contributed by atoms with van der Waals surface area (Å²) in [5.41, 5.74) is 8.35. The van der Waals surface area contributed by atoms with Crippen molar-refractivity contribution >= 4 is 0 Å². The van der Waals surface area contributed by atoms with E-state index in [9.17, 15) is 0 Å². The molecule has 2 heterocycles. The summed E-state index contributed by atoms with van der Waals surface area (Å²) in [5.74, 6) is 0. The average molecular weight is 242 g/mol. The Morgan fingerprint density at radius 1 is 1.28 bits per heavy atom. The molecule has 1 aliphatic heterocycles. The first-order chi connectivity index (χ1) is 8.81. The maximum absolute atomic E-state index is 5.91. The predicted octanol–water partition coefficient (Wildman–Crippen LogP) is 1.41. The molecular formula is C14H18N4. The fourth-order valence-electron chi connectivity index (χ4n) is 2.44. The van der Waals surface area contributed by atoms with Crippen molar-refractivity contribution in [3.05, 3.63) is 48.3 Å². The van der Waals surface area contributed by atoms with E-state index in [0.29, 0.717) is 6.04 Å². The van der Waals surface area contributed by atoms with Gasteiger partial charge in [0.05, 0.1) is 5.69 Å². The van der Waals surface area contributed by atoms with Crippen LogP contribution < -0.4 is 5.73 Å². The molecule has 1 aromatic carbocycles. The summed E-state index contributed by atoms with van der Waals surface area (Å²) < 4.78 is 1.87. The van der Waals surface area contributed by atoms with Crippen LogP contribution in [0.15, 0.2) is 42.7 Å². The number of rotatable bonds is 3. The van der Waals surface area contributed by atoms with Crippen molar-refractivity contribution in [3.63, 3.8) is 0 Å². The molecule has 1 aromatic heterocycles. The molecule has 0 spiro atoms. The van der Waals surface area contributed by atoms with Crippen molar-refractivity contribution in [2.45, 2.75) is 19.0 Å². The van der Waals surface area contributed by atoms with Crippen molar-refractivity contribution in [2.75, 3.05) is 13.1 Å². The van der Waals surface area contributed by atoms with E-state index >= 15 is 0 Å². The van der Waals surface area contributed by atoms with Crippen LogP contribution in [0.3, 0.4) is 0 Å². The molecule has 18 heavy (non-hydrogen) atoms. The number of nitrogens with zero attached hydrogens (tertiary/aromatic N) is 3. The SMILES string of the molecule is N[C@@H]1CCN(Cc2ccc(-n3cccn3)cc2)C1. The third-order valence-electron chi connectivity index (χ3n) is 3.42. The van der Waals surface area contributed by atoms with Gasteiger partial charge in [-0.3, -0.25) is 4.90 Å². The summed E-state index contributed by atoms with van der Waals surface area (Å²) in [4.78, 5) is 2.41. The lowest BCUT2D eigenvalue weighted by molar-refractivity contribution is 0.327. The Labute approximate surface area is 107 Å². The number of benzene rings is 1. The highest BCUT2D eigenvalue weighted by atomic mass is 15.3. The van der Waals surface area contributed by atoms with E-state index in [1.165, 1.54) is 5.56 Å². The van der Waals surface area contributed by atoms with E-state index in [0.717, 1.165) is 31.7 Å². The topological polar surface area (TPSA) is 47.1 Å². The highest BCUT2D eigenvalue weighted by Crippen LogP contribution is 2.14. The molecule has 2 aromatic rings. The first kappa shape index (κ1) is 11.4. The predicted molar refractivity (Wildman–Crippen MR) is 71.4 cm³/mol. The molecule has 0 unspecified atom stereocenters. The Kier molecular flexibility index (Phi) is 3.13. The van der Waals surface area contributed by atoms with Gasteiger partial charge < -0.3 is 5.73 Å². The molecule has 0 saturated carbocycles. The second-order valence-electron chi connectivity index (χ2n) is 4.90. The van der Waals surface area contributed by atoms with Crippen LogP contribution in [0.1, 0.15) is 12.0 Å². The van der Waals surface area contributed by atoms with Crippen molar-refractivity contribution in [1.29, 1.82) is 0 Å². The summed E-state index contributed by atoms with van der Waals surface area (Å²) in [6.07, 6.45) is 4.86. The van der Waals surface area contributed by atoms with Gasteiger partial charge in [0.15, 0.2) is 0 Å². The molecule has 1 saturated heterocycles. The van der Waals surface area contributed by atoms with E-state index in [2.05, 4.69) is 34.3 Å². The van der Waals surface area contributed by atoms with Crippen molar-refractivity contribution in [1.82, 2.24) is 14.7 Å². The van der Waals surface area contributed by atoms with Gasteiger partial charge in [0.1, 0.15) is 0 Å². The zero-order valence-electron chi connectivity index (χ0n) is 10.4. The van der Waals surface area contributed by atoms with Gasteiger partial charge in [-0.05, 0) is 30.2 Å². The Balaban J connectivity index is 1.68. The number of hydrogen-bond donors (Lipinski definition) is 1. The Bertz CT molecular complexity index is 489. The molecule has 0 radical (unpaired) electrons. The maximum atomic E-state index is 5.91. The zero-order chi connectivity index (χ0) is 12.4. The molecule has 0 bridgehead atoms. The second-order valence-corrected chi connectivity index (χ2v) is 4.90. The summed E-state index contributed by atoms with van der Waals surface area (Å²) in [6.45, 7) is 3.12. The molecule has 4 nitrogen and oxygen atoms in total. The summed E-state index contributed by atoms with van der Waals surface area (Å²) in [5, 5.41) is 4.22. The van der Waals surface area contributed by atoms with Gasteiger partial charge >= 0.3 is 0 Å². The number of hydrogen-bond acceptors (Lipinski definition) is 3. The Morgan fingerprint density at radius 2 is 2.11 bits per heavy atom. The van der Waals surface area contributed by atoms with Crippen molar-refractivity contribution < 1.29 is 0 Å². The number of likely N-dealkylation sites (tertiary alicyclic amines) is 1. The minimum atomic E-state index is 0.355. The summed E-state index contributed by atoms with van der Waals surface area (Å²) >= 11 is 0. The van der Waals surface area contributed by atoms with Crippen LogP contribution in [0.2, 0.25) is 0 Å². The normalized spacial score (nSPS) is 20.4. The lowest BCUT2D eigenvalue weighted by Gasteiger charge is -2.15. The molecule has 0 aliphatic carbocycles. The quantitative estimate of drug-likeness (QED) is 0.885. The van der Waals surface area contributed by atoms with Crippen LogP contribution in [0.4, 0.5) is 0 Å². The van der Waals surface area contributed by atoms with Gasteiger partial charge in [0.2, 0.25) is 0 Å². The van der Waals surface area contributed by atoms with Gasteiger partial charge in [-0.2, -0.15) is 5.10 Å². The summed E-state index contributed by atoms with van der Waals surface area (Å²) in [7, 11) is 0. The van der Waals surface area contributed by atoms with E-state index < -0.39 is 0 Å². The highest BCUT2D eigenvalue weighted by molar-refractivity contribution is 5.33. The van der Waals surface area contributed by atoms with E-state index in [-0.39, 0.29) is 0 Å². The molecule has 1 atom stereocenters. The molecule has 1 aliphatic rings. The van der Waals surface area contributed by atoms with Crippen molar-refractivity contribution in [3.8, 4) is 5.69 Å². The molecule has 0 amide bonds. The third kappa shape index (κ3) is 2.44. The fourth-order valence-corrected chi connectivity index (χ4v) is 2.44. The third-order valence-corrected chi connectivity index (χ3v) is 3.42. The zero-order valence-corrected chi connectivity index (χ0v) is 10.4. The standard InChI is InChI=1S/C14H18N4/c15-13-6-9-17(11-13)10-12-2-4-14(5-3-12)18-8-1-7-16-18/h1-5,7-8,13H,6,9-11,15H2/t13-/m1/s1. The molecule has 4 heteroatoms. The molecule has 2 N–H and O–H groups in total. The second kappa shape index (κ2) is 4.92. The number of aromatic nitrogens is 2. The highest BCUT2D eigenvalue weighted by Gasteiger charge is 2.18. The van der Waals surface area contributed by atoms with Crippen molar-refractivity contribution in [2.24, 2.45) is 5.73 Å². The summed E-state index contributed by atoms with van der Waals surface area (Å²) in [6, 6.07) is 10.8. The molecule has 1 fully saturated rings. The average Bonchev–Trinajstić information content (AvgIpc) is 3.02. The van der Waals surface area contributed by atoms with Gasteiger partial charge in [-0.25, -0.2) is 4.68 Å². The van der Waals surface area contributed by atoms with E-state index in [1.807, 2.05) is 16.9 Å². The lowest BCUT2D eigenvalue weighted by atomic mass is 10.2. The molecular weight excluding hydrogens is 224 g/mol. The van der Waals surface area contributed by atoms with Crippen LogP contribution >= 0.6 is 0 Å². The van der Waals surface area contributed by atoms with Crippen LogP contribution in [-0.2, 0) is 6.54 Å². The first-order valence-corrected chi connectivity index (χ1v) is 6.38. The van der Waals surface area contributed by atoms with Gasteiger partial charge in [0, 0.05) is 38.1 Å². The monoisotopic (exact) mass is 242 g/mol. The van der Waals surface area contributed by atoms with Gasteiger partial charge in [-0.15, -0.1) is 0 Å². The van der Waals surface area contributed by atoms with Crippen LogP contribution in [0.25, 0.3) is 5.69 Å². The van der Waals surface area contributed by atoms with Crippen LogP contribution in [0, 0.1) is 0 Å². The van der Waals surface area contributed by atoms with E-state index in [1.54, 1.807) is 6.20 Å². The molecule has 3 rings (SSSR count). The minimum Gasteiger partial charge on any atom is -0.326 e. The Hall–Kier alpha value is -1.65. The molecule has 94 valence electrons. The van der Waals surface area contributed by atoms with Gasteiger partial charge in [0.25, 0.3) is 0 Å². The van der Waals surface area contributed by atoms with E-state index in [4.69, 9.17) is 5.73 Å². The number of nitrogens with two attached hydrogens (primary N) is 1. The minimum absolute atomic E-state index is 0.355. The van der Waals surface area contributed by atoms with Gasteiger partial charge in [-0.1, -0.05) is 12.1 Å². The maximum Gasteiger partial charge on any atom is 0.0645 e. The largest absolute Gasteiger partial charge is 0.326 e. The Morgan fingerprint density at radius 3 is 2.72 bits per heavy atom. The van der Waals surface area contributed by atoms with Crippen LogP contribution in [0.5, 0.6) is 0 Å². The first-order valence-electron chi connectivity index (χ1n) is 6.38. The fraction of sp³-hybridized carbons (Fsp3) is 0.357.